The van der Waals surface area contributed by atoms with Crippen molar-refractivity contribution in [2.75, 3.05) is 26.4 Å². The smallest absolute Gasteiger partial charge is 0.251 e. The lowest BCUT2D eigenvalue weighted by atomic mass is 10.1. The summed E-state index contributed by atoms with van der Waals surface area (Å²) in [7, 11) is 0. The lowest BCUT2D eigenvalue weighted by Crippen LogP contribution is -2.24. The molecule has 30 heavy (non-hydrogen) atoms. The third kappa shape index (κ3) is 9.84. The number of hydrogen-bond donors (Lipinski definition) is 1. The molecule has 0 bridgehead atoms. The Morgan fingerprint density at radius 1 is 0.967 bits per heavy atom. The molecule has 5 nitrogen and oxygen atoms in total. The molecule has 170 valence electrons. The van der Waals surface area contributed by atoms with E-state index >= 15 is 0 Å². The molecule has 0 unspecified atom stereocenters. The van der Waals surface area contributed by atoms with E-state index in [0.29, 0.717) is 36.8 Å². The van der Waals surface area contributed by atoms with Crippen LogP contribution in [0.25, 0.3) is 0 Å². The Balaban J connectivity index is 1.90. The van der Waals surface area contributed by atoms with Gasteiger partial charge in [-0.05, 0) is 25.0 Å². The van der Waals surface area contributed by atoms with Gasteiger partial charge in [-0.1, -0.05) is 65.2 Å². The highest BCUT2D eigenvalue weighted by atomic mass is 16.5. The molecule has 1 aromatic carbocycles. The van der Waals surface area contributed by atoms with Crippen molar-refractivity contribution in [3.63, 3.8) is 0 Å². The maximum absolute atomic E-state index is 12.7. The van der Waals surface area contributed by atoms with E-state index in [1.165, 1.54) is 44.9 Å². The van der Waals surface area contributed by atoms with Crippen LogP contribution in [0, 0.1) is 0 Å². The van der Waals surface area contributed by atoms with Crippen molar-refractivity contribution in [3.8, 4) is 11.5 Å². The minimum atomic E-state index is -0.0635. The first-order chi connectivity index (χ1) is 14.7. The van der Waals surface area contributed by atoms with Crippen molar-refractivity contribution in [2.24, 2.45) is 0 Å². The minimum Gasteiger partial charge on any atom is -0.493 e. The molecule has 1 N–H and O–H groups in total. The number of hydrogen-bond acceptors (Lipinski definition) is 4. The van der Waals surface area contributed by atoms with E-state index < -0.39 is 0 Å². The summed E-state index contributed by atoms with van der Waals surface area (Å²) in [5, 5.41) is 3.04. The highest BCUT2D eigenvalue weighted by Gasteiger charge is 2.19. The van der Waals surface area contributed by atoms with Crippen LogP contribution in [0.1, 0.15) is 94.8 Å². The van der Waals surface area contributed by atoms with Gasteiger partial charge < -0.3 is 19.5 Å². The zero-order chi connectivity index (χ0) is 21.4. The summed E-state index contributed by atoms with van der Waals surface area (Å²) < 4.78 is 17.4. The molecule has 1 amide bonds. The fraction of sp³-hybridized carbons (Fsp3) is 0.720. The Labute approximate surface area is 182 Å². The van der Waals surface area contributed by atoms with Crippen molar-refractivity contribution >= 4 is 5.91 Å². The van der Waals surface area contributed by atoms with Crippen LogP contribution < -0.4 is 14.8 Å². The van der Waals surface area contributed by atoms with Gasteiger partial charge in [0.05, 0.1) is 19.8 Å². The molecule has 2 rings (SSSR count). The maximum Gasteiger partial charge on any atom is 0.251 e. The minimum absolute atomic E-state index is 0.0452. The molecule has 1 aliphatic heterocycles. The lowest BCUT2D eigenvalue weighted by molar-refractivity contribution is 0.0951. The van der Waals surface area contributed by atoms with Gasteiger partial charge in [-0.25, -0.2) is 0 Å². The molecule has 0 saturated carbocycles. The van der Waals surface area contributed by atoms with E-state index in [-0.39, 0.29) is 12.0 Å². The summed E-state index contributed by atoms with van der Waals surface area (Å²) in [4.78, 5) is 12.7. The fourth-order valence-corrected chi connectivity index (χ4v) is 3.58. The van der Waals surface area contributed by atoms with E-state index in [1.807, 2.05) is 18.2 Å². The molecular weight excluding hydrogens is 378 g/mol. The molecular formula is C25H41NO4. The Morgan fingerprint density at radius 3 is 2.37 bits per heavy atom. The zero-order valence-corrected chi connectivity index (χ0v) is 19.0. The van der Waals surface area contributed by atoms with Crippen molar-refractivity contribution < 1.29 is 19.0 Å². The van der Waals surface area contributed by atoms with Crippen LogP contribution in [0.15, 0.2) is 18.2 Å². The van der Waals surface area contributed by atoms with Gasteiger partial charge in [0.25, 0.3) is 5.91 Å². The Hall–Kier alpha value is -1.75. The molecule has 5 heteroatoms. The topological polar surface area (TPSA) is 56.8 Å². The average molecular weight is 420 g/mol. The molecule has 0 aliphatic carbocycles. The summed E-state index contributed by atoms with van der Waals surface area (Å²) in [6, 6.07) is 5.54. The van der Waals surface area contributed by atoms with Gasteiger partial charge in [0.1, 0.15) is 17.6 Å². The summed E-state index contributed by atoms with van der Waals surface area (Å²) >= 11 is 0. The predicted molar refractivity (Wildman–Crippen MR) is 122 cm³/mol. The second-order valence-corrected chi connectivity index (χ2v) is 8.23. The monoisotopic (exact) mass is 419 g/mol. The number of amides is 1. The molecule has 1 aliphatic rings. The SMILES string of the molecule is CCCCCCCNC(=O)c1cc(OCCCCCCC)cc(O[C@H]2CCOC2)c1. The number of carbonyl (C=O) groups excluding carboxylic acids is 1. The van der Waals surface area contributed by atoms with Gasteiger partial charge in [-0.2, -0.15) is 0 Å². The van der Waals surface area contributed by atoms with Crippen LogP contribution in [0.3, 0.4) is 0 Å². The molecule has 0 aromatic heterocycles. The summed E-state index contributed by atoms with van der Waals surface area (Å²) in [6.07, 6.45) is 12.8. The molecule has 1 fully saturated rings. The number of benzene rings is 1. The van der Waals surface area contributed by atoms with Crippen LogP contribution in [-0.2, 0) is 4.74 Å². The van der Waals surface area contributed by atoms with Crippen LogP contribution in [0.4, 0.5) is 0 Å². The first-order valence-electron chi connectivity index (χ1n) is 12.0. The van der Waals surface area contributed by atoms with Crippen molar-refractivity contribution in [3.05, 3.63) is 23.8 Å². The van der Waals surface area contributed by atoms with Gasteiger partial charge in [0.15, 0.2) is 0 Å². The predicted octanol–water partition coefficient (Wildman–Crippen LogP) is 5.90. The molecule has 0 radical (unpaired) electrons. The quantitative estimate of drug-likeness (QED) is 0.339. The molecule has 1 atom stereocenters. The second-order valence-electron chi connectivity index (χ2n) is 8.23. The lowest BCUT2D eigenvalue weighted by Gasteiger charge is -2.15. The summed E-state index contributed by atoms with van der Waals surface area (Å²) in [5.74, 6) is 1.32. The third-order valence-corrected chi connectivity index (χ3v) is 5.42. The first kappa shape index (κ1) is 24.5. The largest absolute Gasteiger partial charge is 0.493 e. The fourth-order valence-electron chi connectivity index (χ4n) is 3.58. The first-order valence-corrected chi connectivity index (χ1v) is 12.0. The van der Waals surface area contributed by atoms with Crippen molar-refractivity contribution in [2.45, 2.75) is 90.6 Å². The number of carbonyl (C=O) groups is 1. The van der Waals surface area contributed by atoms with Crippen LogP contribution >= 0.6 is 0 Å². The number of nitrogens with one attached hydrogen (secondary N) is 1. The van der Waals surface area contributed by atoms with Crippen molar-refractivity contribution in [1.29, 1.82) is 0 Å². The second kappa shape index (κ2) is 15.1. The van der Waals surface area contributed by atoms with E-state index in [9.17, 15) is 4.79 Å². The van der Waals surface area contributed by atoms with E-state index in [0.717, 1.165) is 32.3 Å². The molecule has 1 aromatic rings. The Bertz CT molecular complexity index is 599. The Morgan fingerprint density at radius 2 is 1.67 bits per heavy atom. The molecule has 0 spiro atoms. The number of rotatable bonds is 16. The summed E-state index contributed by atoms with van der Waals surface area (Å²) in [6.45, 7) is 7.12. The number of unbranched alkanes of at least 4 members (excludes halogenated alkanes) is 8. The highest BCUT2D eigenvalue weighted by molar-refractivity contribution is 5.95. The van der Waals surface area contributed by atoms with Crippen LogP contribution in [0.5, 0.6) is 11.5 Å². The van der Waals surface area contributed by atoms with Crippen LogP contribution in [0.2, 0.25) is 0 Å². The van der Waals surface area contributed by atoms with Crippen LogP contribution in [-0.4, -0.2) is 38.4 Å². The highest BCUT2D eigenvalue weighted by Crippen LogP contribution is 2.26. The van der Waals surface area contributed by atoms with Gasteiger partial charge >= 0.3 is 0 Å². The molecule has 1 heterocycles. The third-order valence-electron chi connectivity index (χ3n) is 5.42. The van der Waals surface area contributed by atoms with E-state index in [4.69, 9.17) is 14.2 Å². The zero-order valence-electron chi connectivity index (χ0n) is 19.0. The van der Waals surface area contributed by atoms with Gasteiger partial charge in [0.2, 0.25) is 0 Å². The van der Waals surface area contributed by atoms with Crippen molar-refractivity contribution in [1.82, 2.24) is 5.32 Å². The van der Waals surface area contributed by atoms with E-state index in [2.05, 4.69) is 19.2 Å². The standard InChI is InChI=1S/C25H41NO4/c1-3-5-7-9-11-14-26-25(27)21-17-23(29-15-12-10-8-6-4-2)19-24(18-21)30-22-13-16-28-20-22/h17-19,22H,3-16,20H2,1-2H3,(H,26,27)/t22-/m0/s1. The van der Waals surface area contributed by atoms with Gasteiger partial charge in [-0.3, -0.25) is 4.79 Å². The molecule has 1 saturated heterocycles. The van der Waals surface area contributed by atoms with Gasteiger partial charge in [-0.15, -0.1) is 0 Å². The maximum atomic E-state index is 12.7. The average Bonchev–Trinajstić information content (AvgIpc) is 3.26. The Kier molecular flexibility index (Phi) is 12.4. The number of ether oxygens (including phenoxy) is 3. The van der Waals surface area contributed by atoms with E-state index in [1.54, 1.807) is 0 Å². The van der Waals surface area contributed by atoms with Gasteiger partial charge in [0, 0.05) is 24.6 Å². The normalized spacial score (nSPS) is 15.9. The summed E-state index contributed by atoms with van der Waals surface area (Å²) in [5.41, 5.74) is 0.598.